The number of unbranched alkanes of at least 4 members (excludes halogenated alkanes) is 26. The molecule has 0 aromatic carbocycles. The molecule has 0 aliphatic heterocycles. The van der Waals surface area contributed by atoms with E-state index in [1.807, 2.05) is 0 Å². The molecule has 0 spiro atoms. The van der Waals surface area contributed by atoms with E-state index in [1.165, 1.54) is 122 Å². The summed E-state index contributed by atoms with van der Waals surface area (Å²) in [5.41, 5.74) is 0. The van der Waals surface area contributed by atoms with Crippen molar-refractivity contribution in [3.8, 4) is 0 Å². The van der Waals surface area contributed by atoms with Gasteiger partial charge in [0.05, 0.1) is 0 Å². The molecule has 80 heavy (non-hydrogen) atoms. The molecular weight excluding hydrogens is 985 g/mol. The minimum Gasteiger partial charge on any atom is -0.462 e. The lowest BCUT2D eigenvalue weighted by atomic mass is 10.1. The van der Waals surface area contributed by atoms with Gasteiger partial charge in [0.25, 0.3) is 0 Å². The van der Waals surface area contributed by atoms with Crippen LogP contribution in [0.4, 0.5) is 0 Å². The Bertz CT molecular complexity index is 1700. The van der Waals surface area contributed by atoms with Crippen molar-refractivity contribution in [2.24, 2.45) is 0 Å². The number of hydrogen-bond donors (Lipinski definition) is 0. The summed E-state index contributed by atoms with van der Waals surface area (Å²) in [4.78, 5) is 38.3. The summed E-state index contributed by atoms with van der Waals surface area (Å²) in [6.45, 7) is 6.39. The van der Waals surface area contributed by atoms with E-state index in [9.17, 15) is 14.4 Å². The first-order chi connectivity index (χ1) is 39.5. The molecule has 0 aromatic rings. The summed E-state index contributed by atoms with van der Waals surface area (Å²) in [7, 11) is 0. The predicted molar refractivity (Wildman–Crippen MR) is 348 cm³/mol. The van der Waals surface area contributed by atoms with E-state index in [0.717, 1.165) is 135 Å². The smallest absolute Gasteiger partial charge is 0.306 e. The third-order valence-electron chi connectivity index (χ3n) is 13.9. The van der Waals surface area contributed by atoms with Crippen LogP contribution >= 0.6 is 0 Å². The van der Waals surface area contributed by atoms with E-state index in [4.69, 9.17) is 14.2 Å². The first-order valence-electron chi connectivity index (χ1n) is 33.2. The molecule has 0 aliphatic carbocycles. The number of hydrogen-bond acceptors (Lipinski definition) is 6. The topological polar surface area (TPSA) is 78.9 Å². The SMILES string of the molecule is CC/C=C\C/C=C\C/C=C\C/C=C\C/C=C\C/C=C\C/C=C\CCCCCCCCCCCC(=O)OCC(COC(=O)CCCCC/C=C\C/C=C\C/C=C\CC)OC(=O)CCCCCCCCC/C=C\CCCCCCCCC. The molecule has 0 saturated heterocycles. The summed E-state index contributed by atoms with van der Waals surface area (Å²) in [6, 6.07) is 0. The normalized spacial score (nSPS) is 13.0. The van der Waals surface area contributed by atoms with Crippen molar-refractivity contribution >= 4 is 17.9 Å². The van der Waals surface area contributed by atoms with Crippen molar-refractivity contribution in [2.45, 2.75) is 303 Å². The van der Waals surface area contributed by atoms with Gasteiger partial charge in [0.2, 0.25) is 0 Å². The van der Waals surface area contributed by atoms with Gasteiger partial charge in [-0.2, -0.15) is 0 Å². The number of carbonyl (C=O) groups excluding carboxylic acids is 3. The molecule has 0 amide bonds. The lowest BCUT2D eigenvalue weighted by Crippen LogP contribution is -2.30. The highest BCUT2D eigenvalue weighted by Gasteiger charge is 2.19. The Morgan fingerprint density at radius 2 is 0.487 bits per heavy atom. The molecule has 6 heteroatoms. The zero-order chi connectivity index (χ0) is 57.8. The molecule has 0 radical (unpaired) electrons. The van der Waals surface area contributed by atoms with E-state index in [0.29, 0.717) is 19.3 Å². The molecule has 1 atom stereocenters. The second-order valence-electron chi connectivity index (χ2n) is 21.6. The van der Waals surface area contributed by atoms with E-state index in [1.54, 1.807) is 0 Å². The summed E-state index contributed by atoms with van der Waals surface area (Å²) in [5.74, 6) is -0.931. The van der Waals surface area contributed by atoms with Crippen molar-refractivity contribution in [1.29, 1.82) is 0 Å². The van der Waals surface area contributed by atoms with Crippen LogP contribution in [0.3, 0.4) is 0 Å². The maximum Gasteiger partial charge on any atom is 0.306 e. The molecule has 0 heterocycles. The molecular formula is C74H122O6. The average molecular weight is 1110 g/mol. The summed E-state index contributed by atoms with van der Waals surface area (Å²) in [6.07, 6.45) is 94.7. The van der Waals surface area contributed by atoms with Crippen molar-refractivity contribution in [3.05, 3.63) is 134 Å². The first kappa shape index (κ1) is 75.5. The van der Waals surface area contributed by atoms with Crippen LogP contribution in [0.5, 0.6) is 0 Å². The van der Waals surface area contributed by atoms with Crippen molar-refractivity contribution < 1.29 is 28.6 Å². The second-order valence-corrected chi connectivity index (χ2v) is 21.6. The minimum absolute atomic E-state index is 0.0948. The van der Waals surface area contributed by atoms with E-state index < -0.39 is 6.10 Å². The van der Waals surface area contributed by atoms with Crippen molar-refractivity contribution in [3.63, 3.8) is 0 Å². The van der Waals surface area contributed by atoms with Crippen LogP contribution in [-0.2, 0) is 28.6 Å². The Labute approximate surface area is 494 Å². The quantitative estimate of drug-likeness (QED) is 0.0261. The van der Waals surface area contributed by atoms with Gasteiger partial charge in [-0.3, -0.25) is 14.4 Å². The number of ether oxygens (including phenoxy) is 3. The third kappa shape index (κ3) is 64.4. The van der Waals surface area contributed by atoms with Gasteiger partial charge < -0.3 is 14.2 Å². The van der Waals surface area contributed by atoms with Gasteiger partial charge in [0.1, 0.15) is 13.2 Å². The Hall–Kier alpha value is -4.45. The fraction of sp³-hybridized carbons (Fsp3) is 0.662. The summed E-state index contributed by atoms with van der Waals surface area (Å²) >= 11 is 0. The molecule has 0 fully saturated rings. The zero-order valence-electron chi connectivity index (χ0n) is 52.0. The lowest BCUT2D eigenvalue weighted by molar-refractivity contribution is -0.167. The van der Waals surface area contributed by atoms with Gasteiger partial charge in [0.15, 0.2) is 6.10 Å². The number of esters is 3. The standard InChI is InChI=1S/C74H122O6/c1-4-7-10-13-16-19-22-25-27-29-31-32-33-34-35-36-37-38-39-40-41-42-43-45-46-49-52-55-58-61-64-67-73(76)79-70-71(69-78-72(75)66-63-60-57-54-51-48-24-21-18-15-12-9-6-3)80-74(77)68-65-62-59-56-53-50-47-44-30-28-26-23-20-17-14-11-8-5-2/h7,9-10,12,16,18-19,21,25,27-28,30-32,34-35,37-38,40-41,48,51,71H,4-6,8,11,13-15,17,20,22-24,26,29,33,36,39,42-47,49-50,52-70H2,1-3H3/b10-7-,12-9-,19-16-,21-18-,27-25-,30-28-,32-31-,35-34-,38-37-,41-40-,51-48-. The fourth-order valence-electron chi connectivity index (χ4n) is 8.96. The van der Waals surface area contributed by atoms with Crippen LogP contribution in [0.15, 0.2) is 134 Å². The Morgan fingerprint density at radius 1 is 0.263 bits per heavy atom. The van der Waals surface area contributed by atoms with Crippen molar-refractivity contribution in [1.82, 2.24) is 0 Å². The fourth-order valence-corrected chi connectivity index (χ4v) is 8.96. The van der Waals surface area contributed by atoms with Gasteiger partial charge in [-0.25, -0.2) is 0 Å². The summed E-state index contributed by atoms with van der Waals surface area (Å²) < 4.78 is 16.9. The van der Waals surface area contributed by atoms with Crippen LogP contribution in [0.25, 0.3) is 0 Å². The highest BCUT2D eigenvalue weighted by molar-refractivity contribution is 5.71. The average Bonchev–Trinajstić information content (AvgIpc) is 3.46. The van der Waals surface area contributed by atoms with Crippen LogP contribution in [0.1, 0.15) is 297 Å². The lowest BCUT2D eigenvalue weighted by Gasteiger charge is -2.18. The molecule has 0 rings (SSSR count). The maximum atomic E-state index is 12.9. The monoisotopic (exact) mass is 1110 g/mol. The molecule has 0 aromatic heterocycles. The minimum atomic E-state index is -0.800. The van der Waals surface area contributed by atoms with Crippen LogP contribution in [-0.4, -0.2) is 37.2 Å². The van der Waals surface area contributed by atoms with E-state index >= 15 is 0 Å². The van der Waals surface area contributed by atoms with Gasteiger partial charge in [-0.15, -0.1) is 0 Å². The van der Waals surface area contributed by atoms with E-state index in [-0.39, 0.29) is 31.1 Å². The molecule has 0 N–H and O–H groups in total. The highest BCUT2D eigenvalue weighted by Crippen LogP contribution is 2.15. The van der Waals surface area contributed by atoms with Gasteiger partial charge in [0, 0.05) is 19.3 Å². The zero-order valence-corrected chi connectivity index (χ0v) is 52.0. The van der Waals surface area contributed by atoms with Crippen LogP contribution < -0.4 is 0 Å². The number of rotatable bonds is 59. The van der Waals surface area contributed by atoms with Gasteiger partial charge in [-0.1, -0.05) is 276 Å². The molecule has 1 unspecified atom stereocenters. The van der Waals surface area contributed by atoms with Crippen LogP contribution in [0.2, 0.25) is 0 Å². The Balaban J connectivity index is 4.32. The predicted octanol–water partition coefficient (Wildman–Crippen LogP) is 22.9. The number of allylic oxidation sites excluding steroid dienone is 22. The second kappa shape index (κ2) is 67.1. The first-order valence-corrected chi connectivity index (χ1v) is 33.2. The van der Waals surface area contributed by atoms with E-state index in [2.05, 4.69) is 154 Å². The van der Waals surface area contributed by atoms with Gasteiger partial charge >= 0.3 is 17.9 Å². The van der Waals surface area contributed by atoms with Crippen molar-refractivity contribution in [2.75, 3.05) is 13.2 Å². The molecule has 0 aliphatic rings. The maximum absolute atomic E-state index is 12.9. The molecule has 0 saturated carbocycles. The molecule has 0 bridgehead atoms. The van der Waals surface area contributed by atoms with Gasteiger partial charge in [-0.05, 0) is 135 Å². The summed E-state index contributed by atoms with van der Waals surface area (Å²) in [5, 5.41) is 0. The Morgan fingerprint density at radius 3 is 0.787 bits per heavy atom. The molecule has 454 valence electrons. The van der Waals surface area contributed by atoms with Crippen LogP contribution in [0, 0.1) is 0 Å². The molecule has 6 nitrogen and oxygen atoms in total. The highest BCUT2D eigenvalue weighted by atomic mass is 16.6. The third-order valence-corrected chi connectivity index (χ3v) is 13.9. The Kier molecular flexibility index (Phi) is 63.3. The largest absolute Gasteiger partial charge is 0.462 e. The number of carbonyl (C=O) groups is 3.